The van der Waals surface area contributed by atoms with Crippen molar-refractivity contribution in [2.75, 3.05) is 0 Å². The molecule has 1 aromatic carbocycles. The van der Waals surface area contributed by atoms with E-state index in [0.29, 0.717) is 18.6 Å². The van der Waals surface area contributed by atoms with Gasteiger partial charge in [0, 0.05) is 5.41 Å². The molecule has 0 saturated heterocycles. The second-order valence-electron chi connectivity index (χ2n) is 6.51. The van der Waals surface area contributed by atoms with Crippen LogP contribution in [0.3, 0.4) is 0 Å². The van der Waals surface area contributed by atoms with Crippen molar-refractivity contribution in [1.82, 2.24) is 0 Å². The smallest absolute Gasteiger partial charge is 0.332 e. The lowest BCUT2D eigenvalue weighted by Crippen LogP contribution is -2.41. The molecule has 21 heavy (non-hydrogen) atoms. The van der Waals surface area contributed by atoms with E-state index in [1.807, 2.05) is 26.0 Å². The quantitative estimate of drug-likeness (QED) is 0.730. The van der Waals surface area contributed by atoms with Gasteiger partial charge in [0.2, 0.25) is 0 Å². The van der Waals surface area contributed by atoms with E-state index < -0.39 is 18.2 Å². The van der Waals surface area contributed by atoms with Crippen molar-refractivity contribution < 1.29 is 19.5 Å². The van der Waals surface area contributed by atoms with E-state index in [2.05, 4.69) is 0 Å². The standard InChI is InChI=1S/C16H23O4P/c1-3-16(4-2,21(18,19)20)15(7-8-15)13-9-11-5-6-12(10-13)14(11)17/h9-10,17H,3-8H2,1-2H3,(H2,18,19,20). The van der Waals surface area contributed by atoms with Gasteiger partial charge in [-0.2, -0.15) is 0 Å². The van der Waals surface area contributed by atoms with Crippen molar-refractivity contribution >= 4 is 7.60 Å². The first kappa shape index (κ1) is 15.1. The first-order valence-corrected chi connectivity index (χ1v) is 9.33. The Morgan fingerprint density at radius 1 is 1.14 bits per heavy atom. The summed E-state index contributed by atoms with van der Waals surface area (Å²) in [5.41, 5.74) is 2.47. The van der Waals surface area contributed by atoms with Crippen LogP contribution in [0.15, 0.2) is 12.1 Å². The highest BCUT2D eigenvalue weighted by Crippen LogP contribution is 2.72. The molecule has 0 amide bonds. The maximum absolute atomic E-state index is 12.3. The van der Waals surface area contributed by atoms with Crippen LogP contribution < -0.4 is 0 Å². The fourth-order valence-electron chi connectivity index (χ4n) is 4.45. The van der Waals surface area contributed by atoms with Crippen molar-refractivity contribution in [3.05, 3.63) is 28.8 Å². The number of aryl methyl sites for hydroxylation is 2. The number of benzene rings is 1. The summed E-state index contributed by atoms with van der Waals surface area (Å²) < 4.78 is 12.3. The maximum atomic E-state index is 12.3. The molecule has 0 heterocycles. The molecule has 2 aliphatic carbocycles. The molecule has 5 heteroatoms. The monoisotopic (exact) mass is 310 g/mol. The van der Waals surface area contributed by atoms with Gasteiger partial charge in [-0.25, -0.2) is 0 Å². The summed E-state index contributed by atoms with van der Waals surface area (Å²) in [4.78, 5) is 20.1. The Morgan fingerprint density at radius 3 is 1.95 bits per heavy atom. The lowest BCUT2D eigenvalue weighted by Gasteiger charge is -2.41. The predicted octanol–water partition coefficient (Wildman–Crippen LogP) is 3.26. The van der Waals surface area contributed by atoms with E-state index in [4.69, 9.17) is 0 Å². The number of rotatable bonds is 5. The highest BCUT2D eigenvalue weighted by Gasteiger charge is 2.66. The fourth-order valence-corrected chi connectivity index (χ4v) is 6.19. The summed E-state index contributed by atoms with van der Waals surface area (Å²) in [6.07, 6.45) is 4.25. The molecule has 0 atom stereocenters. The van der Waals surface area contributed by atoms with E-state index >= 15 is 0 Å². The fraction of sp³-hybridized carbons (Fsp3) is 0.625. The van der Waals surface area contributed by atoms with Gasteiger partial charge >= 0.3 is 7.60 Å². The Bertz CT molecular complexity index is 598. The Balaban J connectivity index is 2.15. The normalized spacial score (nSPS) is 19.8. The van der Waals surface area contributed by atoms with Gasteiger partial charge in [0.15, 0.2) is 0 Å². The minimum atomic E-state index is -4.22. The summed E-state index contributed by atoms with van der Waals surface area (Å²) in [6, 6.07) is 3.96. The lowest BCUT2D eigenvalue weighted by atomic mass is 9.78. The Morgan fingerprint density at radius 2 is 1.62 bits per heavy atom. The Hall–Kier alpha value is -0.830. The van der Waals surface area contributed by atoms with E-state index in [1.54, 1.807) is 0 Å². The molecule has 1 aromatic rings. The summed E-state index contributed by atoms with van der Waals surface area (Å²) in [5.74, 6) is 0.379. The van der Waals surface area contributed by atoms with Crippen LogP contribution in [-0.2, 0) is 22.8 Å². The topological polar surface area (TPSA) is 77.8 Å². The van der Waals surface area contributed by atoms with Gasteiger partial charge in [0.25, 0.3) is 0 Å². The molecule has 1 saturated carbocycles. The summed E-state index contributed by atoms with van der Waals surface area (Å²) in [7, 11) is -4.22. The zero-order valence-corrected chi connectivity index (χ0v) is 13.5. The molecular weight excluding hydrogens is 287 g/mol. The van der Waals surface area contributed by atoms with Crippen LogP contribution in [0.2, 0.25) is 0 Å². The number of aromatic hydroxyl groups is 1. The van der Waals surface area contributed by atoms with Gasteiger partial charge < -0.3 is 14.9 Å². The highest BCUT2D eigenvalue weighted by atomic mass is 31.2. The van der Waals surface area contributed by atoms with Gasteiger partial charge in [-0.15, -0.1) is 0 Å². The van der Waals surface area contributed by atoms with Crippen LogP contribution in [0.25, 0.3) is 0 Å². The molecule has 0 unspecified atom stereocenters. The summed E-state index contributed by atoms with van der Waals surface area (Å²) >= 11 is 0. The van der Waals surface area contributed by atoms with E-state index in [0.717, 1.165) is 42.4 Å². The number of hydrogen-bond donors (Lipinski definition) is 3. The van der Waals surface area contributed by atoms with Crippen LogP contribution in [0.1, 0.15) is 56.2 Å². The molecule has 2 aliphatic rings. The van der Waals surface area contributed by atoms with Crippen LogP contribution >= 0.6 is 7.60 Å². The third-order valence-electron chi connectivity index (χ3n) is 5.85. The van der Waals surface area contributed by atoms with Crippen molar-refractivity contribution in [1.29, 1.82) is 0 Å². The van der Waals surface area contributed by atoms with Crippen LogP contribution in [0.4, 0.5) is 0 Å². The summed E-state index contributed by atoms with van der Waals surface area (Å²) in [6.45, 7) is 3.76. The molecule has 0 radical (unpaired) electrons. The molecule has 0 aromatic heterocycles. The summed E-state index contributed by atoms with van der Waals surface area (Å²) in [5, 5.41) is 9.03. The third-order valence-corrected chi connectivity index (χ3v) is 8.03. The first-order chi connectivity index (χ1) is 9.81. The van der Waals surface area contributed by atoms with Gasteiger partial charge in [0.1, 0.15) is 5.75 Å². The van der Waals surface area contributed by atoms with Crippen LogP contribution in [0.5, 0.6) is 5.75 Å². The Labute approximate surface area is 125 Å². The van der Waals surface area contributed by atoms with Crippen molar-refractivity contribution in [2.24, 2.45) is 0 Å². The van der Waals surface area contributed by atoms with E-state index in [9.17, 15) is 19.5 Å². The molecule has 1 fully saturated rings. The van der Waals surface area contributed by atoms with Crippen LogP contribution in [0, 0.1) is 0 Å². The van der Waals surface area contributed by atoms with Crippen molar-refractivity contribution in [3.8, 4) is 5.75 Å². The second-order valence-corrected chi connectivity index (χ2v) is 8.45. The maximum Gasteiger partial charge on any atom is 0.332 e. The molecule has 116 valence electrons. The average Bonchev–Trinajstić information content (AvgIpc) is 3.17. The number of phenols is 1. The van der Waals surface area contributed by atoms with Crippen molar-refractivity contribution in [2.45, 2.75) is 62.9 Å². The minimum absolute atomic E-state index is 0.379. The van der Waals surface area contributed by atoms with Gasteiger partial charge in [0.05, 0.1) is 5.16 Å². The molecular formula is C16H23O4P. The van der Waals surface area contributed by atoms with Gasteiger partial charge in [-0.05, 0) is 55.2 Å². The molecule has 3 rings (SSSR count). The largest absolute Gasteiger partial charge is 0.507 e. The first-order valence-electron chi connectivity index (χ1n) is 7.72. The third kappa shape index (κ3) is 1.86. The predicted molar refractivity (Wildman–Crippen MR) is 81.8 cm³/mol. The molecule has 2 bridgehead atoms. The highest BCUT2D eigenvalue weighted by molar-refractivity contribution is 7.53. The average molecular weight is 310 g/mol. The number of phenolic OH excluding ortho intramolecular Hbond substituents is 1. The SMILES string of the molecule is CCC(CC)(C1(c2cc3c(O)c(c2)CC3)CC1)P(=O)(O)O. The number of fused-ring (bicyclic) bond motifs is 2. The van der Waals surface area contributed by atoms with Gasteiger partial charge in [-0.3, -0.25) is 4.57 Å². The van der Waals surface area contributed by atoms with Crippen LogP contribution in [-0.4, -0.2) is 20.0 Å². The van der Waals surface area contributed by atoms with E-state index in [-0.39, 0.29) is 0 Å². The molecule has 0 aliphatic heterocycles. The van der Waals surface area contributed by atoms with Crippen molar-refractivity contribution in [3.63, 3.8) is 0 Å². The minimum Gasteiger partial charge on any atom is -0.507 e. The lowest BCUT2D eigenvalue weighted by molar-refractivity contribution is 0.279. The number of hydrogen-bond acceptors (Lipinski definition) is 2. The van der Waals surface area contributed by atoms with E-state index in [1.165, 1.54) is 0 Å². The molecule has 3 N–H and O–H groups in total. The second kappa shape index (κ2) is 4.58. The van der Waals surface area contributed by atoms with Gasteiger partial charge in [-0.1, -0.05) is 26.0 Å². The molecule has 0 spiro atoms. The zero-order chi connectivity index (χ0) is 15.5. The zero-order valence-electron chi connectivity index (χ0n) is 12.6. The Kier molecular flexibility index (Phi) is 3.29. The molecule has 4 nitrogen and oxygen atoms in total.